The molecule has 0 aliphatic carbocycles. The smallest absolute Gasteiger partial charge is 0.0984 e. The first kappa shape index (κ1) is 8.62. The fourth-order valence-corrected chi connectivity index (χ4v) is 3.23. The first-order valence-corrected chi connectivity index (χ1v) is 6.33. The van der Waals surface area contributed by atoms with Gasteiger partial charge in [0.15, 0.2) is 0 Å². The Morgan fingerprint density at radius 1 is 1.10 bits per heavy atom. The fourth-order valence-electron chi connectivity index (χ4n) is 0.725. The molecule has 0 fully saturated rings. The lowest BCUT2D eigenvalue weighted by Crippen LogP contribution is -2.12. The number of hydrogen-bond donors (Lipinski definition) is 0. The molecule has 0 saturated carbocycles. The molecule has 0 unspecified atom stereocenters. The van der Waals surface area contributed by atoms with Gasteiger partial charge in [0.1, 0.15) is 0 Å². The molecule has 1 heterocycles. The maximum atomic E-state index is 2.24. The molecule has 0 aromatic rings. The summed E-state index contributed by atoms with van der Waals surface area (Å²) in [5, 5.41) is 4.29. The zero-order chi connectivity index (χ0) is 7.45. The van der Waals surface area contributed by atoms with Crippen LogP contribution in [0.4, 0.5) is 0 Å². The van der Waals surface area contributed by atoms with E-state index in [1.165, 1.54) is 0 Å². The van der Waals surface area contributed by atoms with Crippen LogP contribution in [-0.2, 0) is 0 Å². The molecule has 0 bridgehead atoms. The average Bonchev–Trinajstić information content (AvgIpc) is 2.06. The molecule has 0 N–H and O–H groups in total. The third-order valence-electron chi connectivity index (χ3n) is 1.40. The summed E-state index contributed by atoms with van der Waals surface area (Å²) >= 11 is 5.48. The largest absolute Gasteiger partial charge is 0.139 e. The maximum Gasteiger partial charge on any atom is 0.0984 e. The second-order valence-electron chi connectivity index (χ2n) is 1.87. The molecular weight excluding hydrogens is 180 g/mol. The standard InChI is InChI=1S/C7H10S3/c1-8-7(9-2)3-5-10-6-4-7/h3-6H,1-2H3. The Morgan fingerprint density at radius 3 is 1.90 bits per heavy atom. The molecule has 0 radical (unpaired) electrons. The molecule has 1 aliphatic rings. The average molecular weight is 190 g/mol. The van der Waals surface area contributed by atoms with Gasteiger partial charge in [-0.2, -0.15) is 0 Å². The van der Waals surface area contributed by atoms with E-state index in [0.717, 1.165) is 0 Å². The minimum atomic E-state index is 0.214. The van der Waals surface area contributed by atoms with Crippen LogP contribution in [0.3, 0.4) is 0 Å². The normalized spacial score (nSPS) is 21.4. The van der Waals surface area contributed by atoms with Gasteiger partial charge in [-0.05, 0) is 35.5 Å². The van der Waals surface area contributed by atoms with Gasteiger partial charge in [-0.25, -0.2) is 0 Å². The van der Waals surface area contributed by atoms with Gasteiger partial charge < -0.3 is 0 Å². The van der Waals surface area contributed by atoms with Gasteiger partial charge in [0.05, 0.1) is 4.08 Å². The summed E-state index contributed by atoms with van der Waals surface area (Å²) in [7, 11) is 0. The van der Waals surface area contributed by atoms with Crippen molar-refractivity contribution in [2.75, 3.05) is 12.5 Å². The van der Waals surface area contributed by atoms with Gasteiger partial charge in [0.2, 0.25) is 0 Å². The lowest BCUT2D eigenvalue weighted by atomic mass is 10.4. The second kappa shape index (κ2) is 3.79. The number of hydrogen-bond acceptors (Lipinski definition) is 3. The molecular formula is C7H10S3. The van der Waals surface area contributed by atoms with Crippen LogP contribution in [0.15, 0.2) is 23.0 Å². The molecule has 3 heteroatoms. The quantitative estimate of drug-likeness (QED) is 0.614. The van der Waals surface area contributed by atoms with Crippen LogP contribution in [0.5, 0.6) is 0 Å². The Balaban J connectivity index is 2.71. The molecule has 1 aliphatic heterocycles. The molecule has 0 spiro atoms. The van der Waals surface area contributed by atoms with Gasteiger partial charge in [0.25, 0.3) is 0 Å². The first-order chi connectivity index (χ1) is 4.83. The van der Waals surface area contributed by atoms with Crippen LogP contribution in [-0.4, -0.2) is 16.6 Å². The summed E-state index contributed by atoms with van der Waals surface area (Å²) in [6.45, 7) is 0. The van der Waals surface area contributed by atoms with E-state index in [9.17, 15) is 0 Å². The molecule has 0 saturated heterocycles. The predicted octanol–water partition coefficient (Wildman–Crippen LogP) is 3.18. The van der Waals surface area contributed by atoms with E-state index in [-0.39, 0.29) is 4.08 Å². The Morgan fingerprint density at radius 2 is 1.60 bits per heavy atom. The van der Waals surface area contributed by atoms with E-state index in [1.807, 2.05) is 23.5 Å². The van der Waals surface area contributed by atoms with Crippen molar-refractivity contribution in [2.45, 2.75) is 4.08 Å². The topological polar surface area (TPSA) is 0 Å². The Bertz CT molecular complexity index is 142. The van der Waals surface area contributed by atoms with Gasteiger partial charge in [-0.1, -0.05) is 0 Å². The predicted molar refractivity (Wildman–Crippen MR) is 55.6 cm³/mol. The molecule has 0 nitrogen and oxygen atoms in total. The van der Waals surface area contributed by atoms with E-state index >= 15 is 0 Å². The van der Waals surface area contributed by atoms with Crippen molar-refractivity contribution in [3.05, 3.63) is 23.0 Å². The van der Waals surface area contributed by atoms with Crippen molar-refractivity contribution in [2.24, 2.45) is 0 Å². The minimum absolute atomic E-state index is 0.214. The van der Waals surface area contributed by atoms with Crippen molar-refractivity contribution in [3.63, 3.8) is 0 Å². The van der Waals surface area contributed by atoms with Crippen molar-refractivity contribution in [3.8, 4) is 0 Å². The van der Waals surface area contributed by atoms with Crippen LogP contribution < -0.4 is 0 Å². The second-order valence-corrected chi connectivity index (χ2v) is 5.11. The summed E-state index contributed by atoms with van der Waals surface area (Å²) in [6.07, 6.45) is 8.77. The summed E-state index contributed by atoms with van der Waals surface area (Å²) in [4.78, 5) is 0. The highest BCUT2D eigenvalue weighted by Gasteiger charge is 2.21. The van der Waals surface area contributed by atoms with Gasteiger partial charge in [-0.3, -0.25) is 0 Å². The van der Waals surface area contributed by atoms with Crippen LogP contribution in [0.25, 0.3) is 0 Å². The van der Waals surface area contributed by atoms with Crippen molar-refractivity contribution < 1.29 is 0 Å². The first-order valence-electron chi connectivity index (χ1n) is 2.94. The molecule has 1 rings (SSSR count). The molecule has 0 amide bonds. The highest BCUT2D eigenvalue weighted by atomic mass is 32.2. The van der Waals surface area contributed by atoms with Crippen LogP contribution in [0, 0.1) is 0 Å². The molecule has 0 aromatic carbocycles. The lowest BCUT2D eigenvalue weighted by Gasteiger charge is -2.23. The summed E-state index contributed by atoms with van der Waals surface area (Å²) < 4.78 is 0.214. The lowest BCUT2D eigenvalue weighted by molar-refractivity contribution is 1.33. The van der Waals surface area contributed by atoms with Crippen LogP contribution >= 0.6 is 35.3 Å². The van der Waals surface area contributed by atoms with E-state index < -0.39 is 0 Å². The highest BCUT2D eigenvalue weighted by Crippen LogP contribution is 2.40. The van der Waals surface area contributed by atoms with Crippen molar-refractivity contribution in [1.82, 2.24) is 0 Å². The molecule has 56 valence electrons. The number of thioether (sulfide) groups is 3. The van der Waals surface area contributed by atoms with E-state index in [1.54, 1.807) is 11.8 Å². The van der Waals surface area contributed by atoms with Crippen molar-refractivity contribution >= 4 is 35.3 Å². The maximum absolute atomic E-state index is 2.24. The van der Waals surface area contributed by atoms with Gasteiger partial charge in [0, 0.05) is 0 Å². The van der Waals surface area contributed by atoms with Crippen molar-refractivity contribution in [1.29, 1.82) is 0 Å². The Hall–Kier alpha value is 0.530. The molecule has 0 aromatic heterocycles. The van der Waals surface area contributed by atoms with Crippen LogP contribution in [0.1, 0.15) is 0 Å². The van der Waals surface area contributed by atoms with E-state index in [0.29, 0.717) is 0 Å². The molecule has 10 heavy (non-hydrogen) atoms. The minimum Gasteiger partial charge on any atom is -0.139 e. The van der Waals surface area contributed by atoms with Gasteiger partial charge >= 0.3 is 0 Å². The monoisotopic (exact) mass is 190 g/mol. The fraction of sp³-hybridized carbons (Fsp3) is 0.429. The van der Waals surface area contributed by atoms with Gasteiger partial charge in [-0.15, -0.1) is 35.3 Å². The van der Waals surface area contributed by atoms with E-state index in [2.05, 4.69) is 35.5 Å². The zero-order valence-electron chi connectivity index (χ0n) is 6.03. The third kappa shape index (κ3) is 1.77. The zero-order valence-corrected chi connectivity index (χ0v) is 8.48. The van der Waals surface area contributed by atoms with Crippen LogP contribution in [0.2, 0.25) is 0 Å². The summed E-state index contributed by atoms with van der Waals surface area (Å²) in [5.74, 6) is 0. The molecule has 0 atom stereocenters. The number of rotatable bonds is 2. The highest BCUT2D eigenvalue weighted by molar-refractivity contribution is 8.18. The summed E-state index contributed by atoms with van der Waals surface area (Å²) in [6, 6.07) is 0. The summed E-state index contributed by atoms with van der Waals surface area (Å²) in [5.41, 5.74) is 0. The Labute approximate surface area is 74.9 Å². The Kier molecular flexibility index (Phi) is 3.27. The SMILES string of the molecule is CSC1(SC)C=CSC=C1. The van der Waals surface area contributed by atoms with E-state index in [4.69, 9.17) is 0 Å². The third-order valence-corrected chi connectivity index (χ3v) is 4.80.